The van der Waals surface area contributed by atoms with Crippen LogP contribution in [-0.4, -0.2) is 12.0 Å². The van der Waals surface area contributed by atoms with E-state index in [1.807, 2.05) is 7.05 Å². The number of pyridine rings is 1. The molecule has 2 nitrogen and oxygen atoms in total. The molecule has 0 bridgehead atoms. The van der Waals surface area contributed by atoms with Crippen molar-refractivity contribution in [2.24, 2.45) is 0 Å². The van der Waals surface area contributed by atoms with Gasteiger partial charge in [-0.25, -0.2) is 0 Å². The molecule has 2 rings (SSSR count). The molecule has 0 saturated carbocycles. The normalized spacial score (nSPS) is 12.9. The molecule has 1 N–H and O–H groups in total. The number of anilines is 1. The van der Waals surface area contributed by atoms with E-state index in [2.05, 4.69) is 58.1 Å². The van der Waals surface area contributed by atoms with Crippen LogP contribution < -0.4 is 5.32 Å². The van der Waals surface area contributed by atoms with Crippen LogP contribution in [0, 0.1) is 6.92 Å². The highest BCUT2D eigenvalue weighted by Crippen LogP contribution is 2.35. The first-order valence-corrected chi connectivity index (χ1v) is 7.61. The summed E-state index contributed by atoms with van der Waals surface area (Å²) in [5.74, 6) is 1.06. The Morgan fingerprint density at radius 3 is 2.45 bits per heavy atom. The molecule has 2 heteroatoms. The van der Waals surface area contributed by atoms with Gasteiger partial charge in [0.2, 0.25) is 0 Å². The van der Waals surface area contributed by atoms with Gasteiger partial charge in [0.1, 0.15) is 0 Å². The summed E-state index contributed by atoms with van der Waals surface area (Å²) in [6, 6.07) is 6.69. The van der Waals surface area contributed by atoms with Gasteiger partial charge in [-0.1, -0.05) is 33.8 Å². The Bertz CT molecular complexity index is 614. The fourth-order valence-corrected chi connectivity index (χ4v) is 2.94. The van der Waals surface area contributed by atoms with Gasteiger partial charge in [-0.15, -0.1) is 0 Å². The Labute approximate surface area is 122 Å². The van der Waals surface area contributed by atoms with Crippen LogP contribution in [0.25, 0.3) is 10.9 Å². The first-order chi connectivity index (χ1) is 9.49. The van der Waals surface area contributed by atoms with Gasteiger partial charge in [-0.3, -0.25) is 4.98 Å². The smallest absolute Gasteiger partial charge is 0.0726 e. The van der Waals surface area contributed by atoms with Crippen LogP contribution in [0.3, 0.4) is 0 Å². The Morgan fingerprint density at radius 1 is 1.20 bits per heavy atom. The number of hydrogen-bond donors (Lipinski definition) is 1. The van der Waals surface area contributed by atoms with Crippen molar-refractivity contribution in [3.63, 3.8) is 0 Å². The van der Waals surface area contributed by atoms with Gasteiger partial charge in [0.05, 0.1) is 5.52 Å². The third-order valence-electron chi connectivity index (χ3n) is 4.25. The molecule has 0 aliphatic heterocycles. The number of fused-ring (bicyclic) bond motifs is 1. The molecule has 108 valence electrons. The first kappa shape index (κ1) is 14.8. The monoisotopic (exact) mass is 270 g/mol. The van der Waals surface area contributed by atoms with Gasteiger partial charge in [-0.2, -0.15) is 0 Å². The molecular formula is C18H26N2. The maximum Gasteiger partial charge on any atom is 0.0726 e. The molecule has 0 spiro atoms. The van der Waals surface area contributed by atoms with E-state index in [1.165, 1.54) is 22.2 Å². The lowest BCUT2D eigenvalue weighted by Crippen LogP contribution is -2.04. The van der Waals surface area contributed by atoms with Crippen molar-refractivity contribution in [2.45, 2.75) is 52.9 Å². The van der Waals surface area contributed by atoms with Crippen LogP contribution in [0.2, 0.25) is 0 Å². The fraction of sp³-hybridized carbons (Fsp3) is 0.500. The average molecular weight is 270 g/mol. The van der Waals surface area contributed by atoms with Crippen molar-refractivity contribution in [1.82, 2.24) is 4.98 Å². The minimum absolute atomic E-state index is 0.474. The van der Waals surface area contributed by atoms with Crippen molar-refractivity contribution >= 4 is 16.6 Å². The summed E-state index contributed by atoms with van der Waals surface area (Å²) in [5.41, 5.74) is 6.20. The minimum atomic E-state index is 0.474. The third-order valence-corrected chi connectivity index (χ3v) is 4.25. The van der Waals surface area contributed by atoms with E-state index in [-0.39, 0.29) is 0 Å². The van der Waals surface area contributed by atoms with Crippen molar-refractivity contribution in [2.75, 3.05) is 12.4 Å². The number of rotatable bonds is 4. The van der Waals surface area contributed by atoms with Gasteiger partial charge < -0.3 is 5.32 Å². The molecule has 0 aliphatic carbocycles. The maximum absolute atomic E-state index is 4.79. The Balaban J connectivity index is 2.75. The van der Waals surface area contributed by atoms with Crippen LogP contribution in [0.5, 0.6) is 0 Å². The van der Waals surface area contributed by atoms with Gasteiger partial charge in [0.25, 0.3) is 0 Å². The lowest BCUT2D eigenvalue weighted by Gasteiger charge is -2.19. The molecule has 20 heavy (non-hydrogen) atoms. The second-order valence-electron chi connectivity index (χ2n) is 5.98. The van der Waals surface area contributed by atoms with Crippen LogP contribution in [0.15, 0.2) is 18.2 Å². The molecule has 0 fully saturated rings. The molecule has 0 radical (unpaired) electrons. The molecule has 1 atom stereocenters. The second kappa shape index (κ2) is 5.82. The summed E-state index contributed by atoms with van der Waals surface area (Å²) in [6.45, 7) is 11.1. The van der Waals surface area contributed by atoms with Crippen LogP contribution in [0.4, 0.5) is 5.69 Å². The summed E-state index contributed by atoms with van der Waals surface area (Å²) in [5, 5.41) is 4.65. The van der Waals surface area contributed by atoms with E-state index >= 15 is 0 Å². The molecule has 1 heterocycles. The SMILES string of the molecule is CCC(C)c1ccc2nc(C)c(C(C)C)c(NC)c2c1. The summed E-state index contributed by atoms with van der Waals surface area (Å²) in [4.78, 5) is 4.79. The number of nitrogens with one attached hydrogen (secondary N) is 1. The molecular weight excluding hydrogens is 244 g/mol. The Hall–Kier alpha value is -1.57. The van der Waals surface area contributed by atoms with E-state index in [9.17, 15) is 0 Å². The minimum Gasteiger partial charge on any atom is -0.387 e. The highest BCUT2D eigenvalue weighted by Gasteiger charge is 2.15. The second-order valence-corrected chi connectivity index (χ2v) is 5.98. The highest BCUT2D eigenvalue weighted by atomic mass is 14.8. The van der Waals surface area contributed by atoms with Crippen molar-refractivity contribution in [3.8, 4) is 0 Å². The fourth-order valence-electron chi connectivity index (χ4n) is 2.94. The van der Waals surface area contributed by atoms with Crippen LogP contribution >= 0.6 is 0 Å². The zero-order chi connectivity index (χ0) is 14.9. The molecule has 1 aromatic carbocycles. The zero-order valence-electron chi connectivity index (χ0n) is 13.5. The molecule has 2 aromatic rings. The maximum atomic E-state index is 4.79. The van der Waals surface area contributed by atoms with E-state index in [0.717, 1.165) is 17.6 Å². The summed E-state index contributed by atoms with van der Waals surface area (Å²) in [7, 11) is 2.01. The molecule has 1 aromatic heterocycles. The predicted molar refractivity (Wildman–Crippen MR) is 88.8 cm³/mol. The van der Waals surface area contributed by atoms with Crippen LogP contribution in [0.1, 0.15) is 62.8 Å². The third kappa shape index (κ3) is 2.52. The first-order valence-electron chi connectivity index (χ1n) is 7.61. The molecule has 1 unspecified atom stereocenters. The summed E-state index contributed by atoms with van der Waals surface area (Å²) < 4.78 is 0. The lowest BCUT2D eigenvalue weighted by atomic mass is 9.93. The number of aromatic nitrogens is 1. The molecule has 0 saturated heterocycles. The van der Waals surface area contributed by atoms with Crippen molar-refractivity contribution in [3.05, 3.63) is 35.0 Å². The standard InChI is InChI=1S/C18H26N2/c1-7-12(4)14-8-9-16-15(10-14)18(19-6)17(11(2)3)13(5)20-16/h8-12H,7H2,1-6H3,(H,19,20). The zero-order valence-corrected chi connectivity index (χ0v) is 13.5. The van der Waals surface area contributed by atoms with Gasteiger partial charge in [0, 0.05) is 23.8 Å². The van der Waals surface area contributed by atoms with Crippen LogP contribution in [-0.2, 0) is 0 Å². The highest BCUT2D eigenvalue weighted by molar-refractivity contribution is 5.94. The van der Waals surface area contributed by atoms with Gasteiger partial charge in [-0.05, 0) is 48.4 Å². The number of hydrogen-bond acceptors (Lipinski definition) is 2. The summed E-state index contributed by atoms with van der Waals surface area (Å²) >= 11 is 0. The largest absolute Gasteiger partial charge is 0.387 e. The quantitative estimate of drug-likeness (QED) is 0.823. The van der Waals surface area contributed by atoms with E-state index in [0.29, 0.717) is 11.8 Å². The Kier molecular flexibility index (Phi) is 4.32. The molecule has 0 aliphatic rings. The average Bonchev–Trinajstić information content (AvgIpc) is 2.43. The van der Waals surface area contributed by atoms with Crippen molar-refractivity contribution < 1.29 is 0 Å². The van der Waals surface area contributed by atoms with E-state index in [4.69, 9.17) is 4.98 Å². The number of nitrogens with zero attached hydrogens (tertiary/aromatic N) is 1. The van der Waals surface area contributed by atoms with E-state index in [1.54, 1.807) is 0 Å². The predicted octanol–water partition coefficient (Wildman–Crippen LogP) is 5.22. The lowest BCUT2D eigenvalue weighted by molar-refractivity contribution is 0.734. The summed E-state index contributed by atoms with van der Waals surface area (Å²) in [6.07, 6.45) is 1.16. The van der Waals surface area contributed by atoms with Gasteiger partial charge in [0.15, 0.2) is 0 Å². The number of aryl methyl sites for hydroxylation is 1. The molecule has 0 amide bonds. The van der Waals surface area contributed by atoms with Gasteiger partial charge >= 0.3 is 0 Å². The Morgan fingerprint density at radius 2 is 1.90 bits per heavy atom. The number of benzene rings is 1. The van der Waals surface area contributed by atoms with E-state index < -0.39 is 0 Å². The van der Waals surface area contributed by atoms with Crippen molar-refractivity contribution in [1.29, 1.82) is 0 Å². The topological polar surface area (TPSA) is 24.9 Å².